The van der Waals surface area contributed by atoms with Gasteiger partial charge < -0.3 is 9.72 Å². The molecule has 3 nitrogen and oxygen atoms in total. The predicted octanol–water partition coefficient (Wildman–Crippen LogP) is 3.19. The molecule has 5 heteroatoms. The first-order valence-electron chi connectivity index (χ1n) is 4.56. The van der Waals surface area contributed by atoms with E-state index in [1.165, 1.54) is 0 Å². The Morgan fingerprint density at radius 2 is 2.00 bits per heavy atom. The highest BCUT2D eigenvalue weighted by Crippen LogP contribution is 2.18. The van der Waals surface area contributed by atoms with E-state index in [-0.39, 0.29) is 30.8 Å². The van der Waals surface area contributed by atoms with Gasteiger partial charge in [-0.25, -0.2) is 4.79 Å². The van der Waals surface area contributed by atoms with E-state index in [1.807, 2.05) is 24.3 Å². The Bertz CT molecular complexity index is 468. The van der Waals surface area contributed by atoms with Crippen molar-refractivity contribution in [2.75, 3.05) is 6.61 Å². The summed E-state index contributed by atoms with van der Waals surface area (Å²) in [6.45, 7) is 2.20. The average Bonchev–Trinajstić information content (AvgIpc) is 2.61. The standard InChI is InChI=1S/C11H11NO2.2ClH/c1-2-14-11(13)9-7-12-10-6-4-3-5-8(9)10;;/h3-7,12H,2H2,1H3;2*1H. The van der Waals surface area contributed by atoms with Crippen LogP contribution < -0.4 is 0 Å². The molecule has 16 heavy (non-hydrogen) atoms. The molecule has 0 aliphatic rings. The zero-order valence-corrected chi connectivity index (χ0v) is 10.4. The highest BCUT2D eigenvalue weighted by Gasteiger charge is 2.11. The van der Waals surface area contributed by atoms with Gasteiger partial charge in [-0.05, 0) is 13.0 Å². The van der Waals surface area contributed by atoms with E-state index in [0.717, 1.165) is 10.9 Å². The second kappa shape index (κ2) is 6.40. The molecule has 0 bridgehead atoms. The molecule has 0 aliphatic heterocycles. The fourth-order valence-electron chi connectivity index (χ4n) is 1.45. The normalized spacial score (nSPS) is 9.06. The molecule has 0 aliphatic carbocycles. The summed E-state index contributed by atoms with van der Waals surface area (Å²) < 4.78 is 4.94. The molecule has 0 spiro atoms. The number of carbonyl (C=O) groups excluding carboxylic acids is 1. The lowest BCUT2D eigenvalue weighted by Gasteiger charge is -1.98. The van der Waals surface area contributed by atoms with Crippen LogP contribution in [0.3, 0.4) is 0 Å². The summed E-state index contributed by atoms with van der Waals surface area (Å²) >= 11 is 0. The molecule has 2 aromatic rings. The third-order valence-electron chi connectivity index (χ3n) is 2.08. The summed E-state index contributed by atoms with van der Waals surface area (Å²) in [4.78, 5) is 14.5. The molecule has 0 saturated carbocycles. The zero-order valence-electron chi connectivity index (χ0n) is 8.73. The Morgan fingerprint density at radius 3 is 2.69 bits per heavy atom. The summed E-state index contributed by atoms with van der Waals surface area (Å²) in [5.74, 6) is -0.273. The van der Waals surface area contributed by atoms with Crippen molar-refractivity contribution in [2.24, 2.45) is 0 Å². The van der Waals surface area contributed by atoms with Gasteiger partial charge in [0.25, 0.3) is 0 Å². The van der Waals surface area contributed by atoms with E-state index in [2.05, 4.69) is 4.98 Å². The Kier molecular flexibility index (Phi) is 5.93. The molecule has 88 valence electrons. The van der Waals surface area contributed by atoms with Gasteiger partial charge in [-0.15, -0.1) is 24.8 Å². The third-order valence-corrected chi connectivity index (χ3v) is 2.08. The molecule has 0 fully saturated rings. The number of aromatic nitrogens is 1. The monoisotopic (exact) mass is 261 g/mol. The van der Waals surface area contributed by atoms with Crippen LogP contribution >= 0.6 is 24.8 Å². The Labute approximate surface area is 106 Å². The quantitative estimate of drug-likeness (QED) is 0.844. The largest absolute Gasteiger partial charge is 0.462 e. The number of hydrogen-bond donors (Lipinski definition) is 1. The fraction of sp³-hybridized carbons (Fsp3) is 0.182. The minimum Gasteiger partial charge on any atom is -0.462 e. The van der Waals surface area contributed by atoms with Crippen molar-refractivity contribution in [1.29, 1.82) is 0 Å². The number of halogens is 2. The molecule has 0 unspecified atom stereocenters. The number of H-pyrrole nitrogens is 1. The van der Waals surface area contributed by atoms with E-state index in [1.54, 1.807) is 13.1 Å². The molecule has 0 saturated heterocycles. The van der Waals surface area contributed by atoms with E-state index in [9.17, 15) is 4.79 Å². The summed E-state index contributed by atoms with van der Waals surface area (Å²) in [5, 5.41) is 0.908. The topological polar surface area (TPSA) is 42.1 Å². The molecule has 1 N–H and O–H groups in total. The number of esters is 1. The van der Waals surface area contributed by atoms with Crippen molar-refractivity contribution in [3.05, 3.63) is 36.0 Å². The lowest BCUT2D eigenvalue weighted by atomic mass is 10.2. The number of fused-ring (bicyclic) bond motifs is 1. The van der Waals surface area contributed by atoms with Crippen molar-refractivity contribution >= 4 is 41.7 Å². The second-order valence-corrected chi connectivity index (χ2v) is 2.97. The predicted molar refractivity (Wildman–Crippen MR) is 68.8 cm³/mol. The smallest absolute Gasteiger partial charge is 0.340 e. The number of benzene rings is 1. The lowest BCUT2D eigenvalue weighted by Crippen LogP contribution is -2.03. The summed E-state index contributed by atoms with van der Waals surface area (Å²) in [7, 11) is 0. The zero-order chi connectivity index (χ0) is 9.97. The fourth-order valence-corrected chi connectivity index (χ4v) is 1.45. The maximum atomic E-state index is 11.5. The van der Waals surface area contributed by atoms with Crippen LogP contribution in [0.5, 0.6) is 0 Å². The minimum atomic E-state index is -0.273. The van der Waals surface area contributed by atoms with Gasteiger partial charge in [0, 0.05) is 17.1 Å². The Morgan fingerprint density at radius 1 is 1.31 bits per heavy atom. The van der Waals surface area contributed by atoms with Crippen LogP contribution in [-0.4, -0.2) is 17.6 Å². The maximum Gasteiger partial charge on any atom is 0.340 e. The Hall–Kier alpha value is -1.19. The second-order valence-electron chi connectivity index (χ2n) is 2.97. The van der Waals surface area contributed by atoms with Crippen LogP contribution in [0.4, 0.5) is 0 Å². The molecule has 0 radical (unpaired) electrons. The Balaban J connectivity index is 0.00000112. The van der Waals surface area contributed by atoms with Crippen molar-refractivity contribution in [1.82, 2.24) is 4.98 Å². The van der Waals surface area contributed by atoms with Gasteiger partial charge in [0.1, 0.15) is 0 Å². The van der Waals surface area contributed by atoms with Crippen LogP contribution in [0.1, 0.15) is 17.3 Å². The first kappa shape index (κ1) is 14.8. The van der Waals surface area contributed by atoms with E-state index < -0.39 is 0 Å². The van der Waals surface area contributed by atoms with Crippen molar-refractivity contribution in [2.45, 2.75) is 6.92 Å². The van der Waals surface area contributed by atoms with Crippen LogP contribution in [0.2, 0.25) is 0 Å². The SMILES string of the molecule is CCOC(=O)c1c[nH]c2ccccc12.Cl.Cl. The number of nitrogens with one attached hydrogen (secondary N) is 1. The van der Waals surface area contributed by atoms with Gasteiger partial charge in [-0.3, -0.25) is 0 Å². The number of rotatable bonds is 2. The summed E-state index contributed by atoms with van der Waals surface area (Å²) in [5.41, 5.74) is 1.55. The molecule has 1 heterocycles. The van der Waals surface area contributed by atoms with E-state index >= 15 is 0 Å². The van der Waals surface area contributed by atoms with Crippen molar-refractivity contribution in [3.8, 4) is 0 Å². The van der Waals surface area contributed by atoms with Crippen LogP contribution in [0.25, 0.3) is 10.9 Å². The van der Waals surface area contributed by atoms with Gasteiger partial charge in [0.05, 0.1) is 12.2 Å². The third kappa shape index (κ3) is 2.68. The summed E-state index contributed by atoms with van der Waals surface area (Å²) in [6.07, 6.45) is 1.68. The average molecular weight is 262 g/mol. The number of hydrogen-bond acceptors (Lipinski definition) is 2. The van der Waals surface area contributed by atoms with Gasteiger partial charge in [0.15, 0.2) is 0 Å². The van der Waals surface area contributed by atoms with Crippen LogP contribution in [0, 0.1) is 0 Å². The van der Waals surface area contributed by atoms with E-state index in [4.69, 9.17) is 4.74 Å². The molecule has 1 aromatic carbocycles. The first-order chi connectivity index (χ1) is 6.83. The molecule has 1 aromatic heterocycles. The van der Waals surface area contributed by atoms with Crippen molar-refractivity contribution in [3.63, 3.8) is 0 Å². The minimum absolute atomic E-state index is 0. The van der Waals surface area contributed by atoms with Gasteiger partial charge in [-0.2, -0.15) is 0 Å². The first-order valence-corrected chi connectivity index (χ1v) is 4.56. The number of ether oxygens (including phenoxy) is 1. The van der Waals surface area contributed by atoms with Crippen LogP contribution in [0.15, 0.2) is 30.5 Å². The highest BCUT2D eigenvalue weighted by atomic mass is 35.5. The van der Waals surface area contributed by atoms with Gasteiger partial charge in [0.2, 0.25) is 0 Å². The molecule has 2 rings (SSSR count). The number of carbonyl (C=O) groups is 1. The van der Waals surface area contributed by atoms with E-state index in [0.29, 0.717) is 12.2 Å². The highest BCUT2D eigenvalue weighted by molar-refractivity contribution is 6.03. The molecular weight excluding hydrogens is 249 g/mol. The summed E-state index contributed by atoms with van der Waals surface area (Å²) in [6, 6.07) is 7.66. The number of para-hydroxylation sites is 1. The van der Waals surface area contributed by atoms with Crippen molar-refractivity contribution < 1.29 is 9.53 Å². The molecule has 0 amide bonds. The van der Waals surface area contributed by atoms with Gasteiger partial charge >= 0.3 is 5.97 Å². The maximum absolute atomic E-state index is 11.5. The van der Waals surface area contributed by atoms with Crippen LogP contribution in [-0.2, 0) is 4.74 Å². The lowest BCUT2D eigenvalue weighted by molar-refractivity contribution is 0.0529. The number of aromatic amines is 1. The molecular formula is C11H13Cl2NO2. The molecule has 0 atom stereocenters. The van der Waals surface area contributed by atoms with Gasteiger partial charge in [-0.1, -0.05) is 18.2 Å².